The quantitative estimate of drug-likeness (QED) is 0.422. The van der Waals surface area contributed by atoms with Crippen molar-refractivity contribution in [3.05, 3.63) is 64.3 Å². The Morgan fingerprint density at radius 3 is 2.76 bits per heavy atom. The van der Waals surface area contributed by atoms with E-state index in [1.54, 1.807) is 17.8 Å². The summed E-state index contributed by atoms with van der Waals surface area (Å²) in [6.07, 6.45) is 4.81. The lowest BCUT2D eigenvalue weighted by Crippen LogP contribution is -2.31. The van der Waals surface area contributed by atoms with Gasteiger partial charge in [0.1, 0.15) is 23.0 Å². The van der Waals surface area contributed by atoms with Crippen LogP contribution in [-0.4, -0.2) is 35.8 Å². The second-order valence-electron chi connectivity index (χ2n) is 7.59. The Labute approximate surface area is 204 Å². The van der Waals surface area contributed by atoms with Gasteiger partial charge in [-0.05, 0) is 72.4 Å². The first-order valence-corrected chi connectivity index (χ1v) is 12.9. The van der Waals surface area contributed by atoms with E-state index in [1.165, 1.54) is 36.5 Å². The van der Waals surface area contributed by atoms with E-state index in [0.29, 0.717) is 23.1 Å². The minimum Gasteiger partial charge on any atom is -0.465 e. The van der Waals surface area contributed by atoms with Gasteiger partial charge in [0.25, 0.3) is 0 Å². The van der Waals surface area contributed by atoms with Crippen molar-refractivity contribution in [2.45, 2.75) is 43.7 Å². The van der Waals surface area contributed by atoms with E-state index in [4.69, 9.17) is 9.47 Å². The van der Waals surface area contributed by atoms with Crippen LogP contribution in [0.15, 0.2) is 52.1 Å². The third-order valence-corrected chi connectivity index (χ3v) is 7.27. The molecule has 0 bridgehead atoms. The Morgan fingerprint density at radius 2 is 2.06 bits per heavy atom. The average molecular weight is 553 g/mol. The second kappa shape index (κ2) is 10.2. The van der Waals surface area contributed by atoms with Crippen molar-refractivity contribution >= 4 is 31.9 Å². The molecule has 0 saturated heterocycles. The summed E-state index contributed by atoms with van der Waals surface area (Å²) in [6, 6.07) is 6.29. The maximum Gasteiger partial charge on any atom is 0.327 e. The van der Waals surface area contributed by atoms with Crippen LogP contribution in [0.1, 0.15) is 37.1 Å². The molecule has 4 rings (SSSR count). The molecule has 0 aliphatic heterocycles. The fourth-order valence-electron chi connectivity index (χ4n) is 3.71. The van der Waals surface area contributed by atoms with Gasteiger partial charge in [0.2, 0.25) is 15.9 Å². The van der Waals surface area contributed by atoms with Gasteiger partial charge < -0.3 is 9.47 Å². The first-order chi connectivity index (χ1) is 16.3. The van der Waals surface area contributed by atoms with Gasteiger partial charge in [-0.25, -0.2) is 22.5 Å². The smallest absolute Gasteiger partial charge is 0.327 e. The highest BCUT2D eigenvalue weighted by Crippen LogP contribution is 2.33. The van der Waals surface area contributed by atoms with E-state index < -0.39 is 27.9 Å². The van der Waals surface area contributed by atoms with Crippen molar-refractivity contribution in [3.8, 4) is 11.6 Å². The van der Waals surface area contributed by atoms with Crippen LogP contribution in [0.25, 0.3) is 0 Å². The van der Waals surface area contributed by atoms with Crippen LogP contribution in [0.3, 0.4) is 0 Å². The molecular formula is C22H22BrFN4O5S. The molecule has 1 aliphatic rings. The molecule has 1 aromatic carbocycles. The van der Waals surface area contributed by atoms with Gasteiger partial charge in [-0.2, -0.15) is 5.10 Å². The summed E-state index contributed by atoms with van der Waals surface area (Å²) in [7, 11) is -3.92. The first-order valence-electron chi connectivity index (χ1n) is 10.6. The molecule has 34 heavy (non-hydrogen) atoms. The number of sulfonamides is 1. The molecule has 1 unspecified atom stereocenters. The predicted octanol–water partition coefficient (Wildman–Crippen LogP) is 3.89. The van der Waals surface area contributed by atoms with Gasteiger partial charge in [-0.3, -0.25) is 9.48 Å². The van der Waals surface area contributed by atoms with Crippen molar-refractivity contribution in [3.63, 3.8) is 0 Å². The van der Waals surface area contributed by atoms with E-state index in [-0.39, 0.29) is 23.9 Å². The maximum atomic E-state index is 13.1. The normalized spacial score (nSPS) is 15.6. The molecule has 9 nitrogen and oxygen atoms in total. The number of benzene rings is 1. The minimum absolute atomic E-state index is 0.0188. The van der Waals surface area contributed by atoms with E-state index in [9.17, 15) is 17.6 Å². The summed E-state index contributed by atoms with van der Waals surface area (Å²) >= 11 is 3.29. The number of ether oxygens (including phenoxy) is 2. The van der Waals surface area contributed by atoms with Crippen LogP contribution in [0.2, 0.25) is 0 Å². The minimum atomic E-state index is -3.92. The molecule has 1 N–H and O–H groups in total. The van der Waals surface area contributed by atoms with Gasteiger partial charge in [-0.1, -0.05) is 0 Å². The molecule has 12 heteroatoms. The lowest BCUT2D eigenvalue weighted by Gasteiger charge is -2.24. The van der Waals surface area contributed by atoms with E-state index >= 15 is 0 Å². The Morgan fingerprint density at radius 1 is 1.29 bits per heavy atom. The Hall–Kier alpha value is -2.83. The number of halogens is 2. The number of nitrogens with one attached hydrogen (secondary N) is 1. The fraction of sp³-hybridized carbons (Fsp3) is 0.318. The van der Waals surface area contributed by atoms with Gasteiger partial charge in [0.15, 0.2) is 0 Å². The third kappa shape index (κ3) is 5.45. The van der Waals surface area contributed by atoms with Crippen molar-refractivity contribution < 1.29 is 27.1 Å². The summed E-state index contributed by atoms with van der Waals surface area (Å²) in [4.78, 5) is 15.9. The van der Waals surface area contributed by atoms with Crippen LogP contribution in [-0.2, 0) is 32.5 Å². The number of fused-ring (bicyclic) bond motifs is 1. The second-order valence-corrected chi connectivity index (χ2v) is 10.2. The number of esters is 1. The lowest BCUT2D eigenvalue weighted by molar-refractivity contribution is -0.144. The number of rotatable bonds is 8. The van der Waals surface area contributed by atoms with Crippen LogP contribution in [0, 0.1) is 5.82 Å². The Balaban J connectivity index is 1.50. The zero-order valence-corrected chi connectivity index (χ0v) is 20.6. The largest absolute Gasteiger partial charge is 0.465 e. The number of carbonyl (C=O) groups is 1. The van der Waals surface area contributed by atoms with Crippen molar-refractivity contribution in [1.82, 2.24) is 19.5 Å². The zero-order chi connectivity index (χ0) is 24.3. The fourth-order valence-corrected chi connectivity index (χ4v) is 5.51. The molecular weight excluding hydrogens is 531 g/mol. The molecule has 0 amide bonds. The zero-order valence-electron chi connectivity index (χ0n) is 18.2. The standard InChI is InChI=1S/C22H22BrFN4O5S/c1-2-32-21(29)13-28-20-5-3-4-19(17(20)12-26-28)27-34(30,31)16-10-18(23)22(25-11-16)33-15-8-6-14(24)7-9-15/h6-12,19,27H,2-5,13H2,1H3. The van der Waals surface area contributed by atoms with Crippen LogP contribution in [0.5, 0.6) is 11.6 Å². The van der Waals surface area contributed by atoms with Gasteiger partial charge in [0, 0.05) is 11.3 Å². The monoisotopic (exact) mass is 552 g/mol. The molecule has 0 radical (unpaired) electrons. The number of hydrogen-bond acceptors (Lipinski definition) is 7. The highest BCUT2D eigenvalue weighted by Gasteiger charge is 2.29. The molecule has 0 saturated carbocycles. The molecule has 180 valence electrons. The molecule has 1 atom stereocenters. The Bertz CT molecular complexity index is 1300. The summed E-state index contributed by atoms with van der Waals surface area (Å²) in [5.41, 5.74) is 1.55. The number of pyridine rings is 1. The summed E-state index contributed by atoms with van der Waals surface area (Å²) < 4.78 is 54.4. The SMILES string of the molecule is CCOC(=O)Cn1ncc2c1CCCC2NS(=O)(=O)c1cnc(Oc2ccc(F)cc2)c(Br)c1. The van der Waals surface area contributed by atoms with E-state index in [1.807, 2.05) is 0 Å². The van der Waals surface area contributed by atoms with Gasteiger partial charge in [0.05, 0.1) is 29.5 Å². The van der Waals surface area contributed by atoms with Crippen molar-refractivity contribution in [1.29, 1.82) is 0 Å². The van der Waals surface area contributed by atoms with Crippen LogP contribution < -0.4 is 9.46 Å². The molecule has 2 heterocycles. The number of hydrogen-bond donors (Lipinski definition) is 1. The number of carbonyl (C=O) groups excluding carboxylic acids is 1. The summed E-state index contributed by atoms with van der Waals surface area (Å²) in [6.45, 7) is 1.99. The summed E-state index contributed by atoms with van der Waals surface area (Å²) in [5.74, 6) is -0.289. The van der Waals surface area contributed by atoms with Crippen LogP contribution >= 0.6 is 15.9 Å². The third-order valence-electron chi connectivity index (χ3n) is 5.27. The molecule has 1 aliphatic carbocycles. The van der Waals surface area contributed by atoms with Gasteiger partial charge in [-0.15, -0.1) is 0 Å². The number of nitrogens with zero attached hydrogens (tertiary/aromatic N) is 3. The topological polar surface area (TPSA) is 112 Å². The molecule has 0 fully saturated rings. The van der Waals surface area contributed by atoms with E-state index in [2.05, 4.69) is 30.7 Å². The van der Waals surface area contributed by atoms with Crippen molar-refractivity contribution in [2.75, 3.05) is 6.61 Å². The van der Waals surface area contributed by atoms with E-state index in [0.717, 1.165) is 17.7 Å². The predicted molar refractivity (Wildman–Crippen MR) is 123 cm³/mol. The first kappa shape index (κ1) is 24.3. The highest BCUT2D eigenvalue weighted by molar-refractivity contribution is 9.10. The molecule has 0 spiro atoms. The average Bonchev–Trinajstić information content (AvgIpc) is 3.20. The maximum absolute atomic E-state index is 13.1. The molecule has 3 aromatic rings. The summed E-state index contributed by atoms with van der Waals surface area (Å²) in [5, 5.41) is 4.27. The van der Waals surface area contributed by atoms with Gasteiger partial charge >= 0.3 is 5.97 Å². The lowest BCUT2D eigenvalue weighted by atomic mass is 9.94. The molecule has 2 aromatic heterocycles. The number of aromatic nitrogens is 3. The highest BCUT2D eigenvalue weighted by atomic mass is 79.9. The van der Waals surface area contributed by atoms with Crippen molar-refractivity contribution in [2.24, 2.45) is 0 Å². The Kier molecular flexibility index (Phi) is 7.29. The van der Waals surface area contributed by atoms with Crippen LogP contribution in [0.4, 0.5) is 4.39 Å².